The van der Waals surface area contributed by atoms with Gasteiger partial charge in [-0.3, -0.25) is 0 Å². The summed E-state index contributed by atoms with van der Waals surface area (Å²) in [4.78, 5) is 17.9. The van der Waals surface area contributed by atoms with Crippen molar-refractivity contribution in [1.82, 2.24) is 4.98 Å². The molecule has 1 saturated heterocycles. The van der Waals surface area contributed by atoms with Crippen LogP contribution in [0, 0.1) is 5.92 Å². The molecule has 1 aliphatic rings. The molecule has 112 valence electrons. The molecule has 0 bridgehead atoms. The Kier molecular flexibility index (Phi) is 3.79. The van der Waals surface area contributed by atoms with Gasteiger partial charge in [-0.05, 0) is 30.9 Å². The molecular formula is C15H18N2O4. The van der Waals surface area contributed by atoms with E-state index in [2.05, 4.69) is 9.72 Å². The summed E-state index contributed by atoms with van der Waals surface area (Å²) in [5.74, 6) is -0.631. The summed E-state index contributed by atoms with van der Waals surface area (Å²) in [7, 11) is 1.29. The predicted octanol–water partition coefficient (Wildman–Crippen LogP) is 1.58. The first-order valence-electron chi connectivity index (χ1n) is 7.05. The molecule has 6 nitrogen and oxygen atoms in total. The Morgan fingerprint density at radius 2 is 2.14 bits per heavy atom. The minimum atomic E-state index is -1.04. The number of aliphatic hydroxyl groups is 1. The maximum Gasteiger partial charge on any atom is 0.334 e. The minimum absolute atomic E-state index is 0.0712. The zero-order valence-electron chi connectivity index (χ0n) is 11.9. The second-order valence-electron chi connectivity index (χ2n) is 5.26. The quantitative estimate of drug-likeness (QED) is 0.865. The molecule has 21 heavy (non-hydrogen) atoms. The van der Waals surface area contributed by atoms with Gasteiger partial charge in [0.1, 0.15) is 5.52 Å². The third-order valence-corrected chi connectivity index (χ3v) is 3.98. The number of carbonyl (C=O) groups is 1. The van der Waals surface area contributed by atoms with Gasteiger partial charge in [-0.15, -0.1) is 0 Å². The van der Waals surface area contributed by atoms with E-state index in [9.17, 15) is 9.90 Å². The van der Waals surface area contributed by atoms with E-state index in [1.54, 1.807) is 0 Å². The van der Waals surface area contributed by atoms with Gasteiger partial charge in [-0.1, -0.05) is 12.1 Å². The van der Waals surface area contributed by atoms with Crippen LogP contribution in [0.4, 0.5) is 6.01 Å². The first-order valence-corrected chi connectivity index (χ1v) is 7.05. The Morgan fingerprint density at radius 1 is 1.43 bits per heavy atom. The number of rotatable bonds is 3. The van der Waals surface area contributed by atoms with Gasteiger partial charge in [0.25, 0.3) is 6.01 Å². The Hall–Kier alpha value is -2.08. The second-order valence-corrected chi connectivity index (χ2v) is 5.26. The van der Waals surface area contributed by atoms with E-state index in [4.69, 9.17) is 4.42 Å². The lowest BCUT2D eigenvalue weighted by Crippen LogP contribution is -2.41. The van der Waals surface area contributed by atoms with Crippen molar-refractivity contribution in [3.05, 3.63) is 24.3 Å². The molecule has 2 heterocycles. The number of ether oxygens (including phenoxy) is 1. The first-order chi connectivity index (χ1) is 10.2. The second kappa shape index (κ2) is 5.73. The van der Waals surface area contributed by atoms with E-state index >= 15 is 0 Å². The molecule has 1 aromatic heterocycles. The minimum Gasteiger partial charge on any atom is -0.467 e. The number of piperidine rings is 1. The number of oxazole rings is 1. The van der Waals surface area contributed by atoms with Gasteiger partial charge in [0.2, 0.25) is 0 Å². The molecular weight excluding hydrogens is 272 g/mol. The average molecular weight is 290 g/mol. The maximum atomic E-state index is 11.4. The molecule has 1 unspecified atom stereocenters. The molecule has 0 radical (unpaired) electrons. The van der Waals surface area contributed by atoms with E-state index in [0.29, 0.717) is 31.9 Å². The van der Waals surface area contributed by atoms with Gasteiger partial charge in [-0.25, -0.2) is 4.79 Å². The summed E-state index contributed by atoms with van der Waals surface area (Å²) in [5.41, 5.74) is 1.61. The van der Waals surface area contributed by atoms with Crippen molar-refractivity contribution in [2.45, 2.75) is 18.9 Å². The smallest absolute Gasteiger partial charge is 0.334 e. The summed E-state index contributed by atoms with van der Waals surface area (Å²) in [5, 5.41) is 9.88. The van der Waals surface area contributed by atoms with Crippen molar-refractivity contribution in [3.8, 4) is 0 Å². The molecule has 1 N–H and O–H groups in total. The van der Waals surface area contributed by atoms with Crippen LogP contribution in [0.15, 0.2) is 28.7 Å². The Balaban J connectivity index is 1.66. The topological polar surface area (TPSA) is 75.8 Å². The van der Waals surface area contributed by atoms with Crippen LogP contribution < -0.4 is 4.90 Å². The predicted molar refractivity (Wildman–Crippen MR) is 77.0 cm³/mol. The number of nitrogens with zero attached hydrogens (tertiary/aromatic N) is 2. The van der Waals surface area contributed by atoms with Crippen LogP contribution in [0.25, 0.3) is 11.1 Å². The highest BCUT2D eigenvalue weighted by Gasteiger charge is 2.31. The molecule has 0 amide bonds. The SMILES string of the molecule is COC(=O)C(O)C1CCN(c2nc3ccccc3o2)CC1. The molecule has 0 spiro atoms. The number of hydrogen-bond donors (Lipinski definition) is 1. The van der Waals surface area contributed by atoms with Crippen molar-refractivity contribution in [2.75, 3.05) is 25.1 Å². The number of carbonyl (C=O) groups excluding carboxylic acids is 1. The maximum absolute atomic E-state index is 11.4. The van der Waals surface area contributed by atoms with Gasteiger partial charge in [0.15, 0.2) is 11.7 Å². The number of para-hydroxylation sites is 2. The normalized spacial score (nSPS) is 17.9. The van der Waals surface area contributed by atoms with Crippen molar-refractivity contribution < 1.29 is 19.1 Å². The molecule has 3 rings (SSSR count). The molecule has 0 aliphatic carbocycles. The van der Waals surface area contributed by atoms with Crippen molar-refractivity contribution in [2.24, 2.45) is 5.92 Å². The van der Waals surface area contributed by atoms with Gasteiger partial charge in [0, 0.05) is 13.1 Å². The molecule has 1 aromatic carbocycles. The van der Waals surface area contributed by atoms with E-state index < -0.39 is 12.1 Å². The number of benzene rings is 1. The highest BCUT2D eigenvalue weighted by Crippen LogP contribution is 2.27. The highest BCUT2D eigenvalue weighted by molar-refractivity contribution is 5.75. The van der Waals surface area contributed by atoms with Crippen LogP contribution in [-0.4, -0.2) is 42.4 Å². The van der Waals surface area contributed by atoms with Crippen LogP contribution in [0.2, 0.25) is 0 Å². The summed E-state index contributed by atoms with van der Waals surface area (Å²) in [6, 6.07) is 8.24. The fourth-order valence-electron chi connectivity index (χ4n) is 2.71. The van der Waals surface area contributed by atoms with Crippen LogP contribution in [0.3, 0.4) is 0 Å². The summed E-state index contributed by atoms with van der Waals surface area (Å²) in [6.07, 6.45) is 0.366. The lowest BCUT2D eigenvalue weighted by atomic mass is 9.91. The highest BCUT2D eigenvalue weighted by atomic mass is 16.5. The van der Waals surface area contributed by atoms with Crippen molar-refractivity contribution >= 4 is 23.1 Å². The van der Waals surface area contributed by atoms with Gasteiger partial charge < -0.3 is 19.2 Å². The Morgan fingerprint density at radius 3 is 2.81 bits per heavy atom. The summed E-state index contributed by atoms with van der Waals surface area (Å²) >= 11 is 0. The number of esters is 1. The number of aromatic nitrogens is 1. The fourth-order valence-corrected chi connectivity index (χ4v) is 2.71. The summed E-state index contributed by atoms with van der Waals surface area (Å²) in [6.45, 7) is 1.40. The zero-order chi connectivity index (χ0) is 14.8. The lowest BCUT2D eigenvalue weighted by Gasteiger charge is -2.32. The molecule has 1 aliphatic heterocycles. The van der Waals surface area contributed by atoms with Crippen LogP contribution in [0.5, 0.6) is 0 Å². The van der Waals surface area contributed by atoms with E-state index in [1.807, 2.05) is 29.2 Å². The molecule has 6 heteroatoms. The monoisotopic (exact) mass is 290 g/mol. The molecule has 2 aromatic rings. The number of methoxy groups -OCH3 is 1. The molecule has 1 fully saturated rings. The van der Waals surface area contributed by atoms with Crippen LogP contribution in [-0.2, 0) is 9.53 Å². The first kappa shape index (κ1) is 13.9. The third-order valence-electron chi connectivity index (χ3n) is 3.98. The van der Waals surface area contributed by atoms with Gasteiger partial charge in [-0.2, -0.15) is 4.98 Å². The standard InChI is InChI=1S/C15H18N2O4/c1-20-14(19)13(18)10-6-8-17(9-7-10)15-16-11-4-2-3-5-12(11)21-15/h2-5,10,13,18H,6-9H2,1H3. The van der Waals surface area contributed by atoms with E-state index in [1.165, 1.54) is 7.11 Å². The van der Waals surface area contributed by atoms with Crippen LogP contribution >= 0.6 is 0 Å². The number of anilines is 1. The average Bonchev–Trinajstić information content (AvgIpc) is 2.97. The number of hydrogen-bond acceptors (Lipinski definition) is 6. The fraction of sp³-hybridized carbons (Fsp3) is 0.467. The van der Waals surface area contributed by atoms with Crippen molar-refractivity contribution in [1.29, 1.82) is 0 Å². The number of fused-ring (bicyclic) bond motifs is 1. The summed E-state index contributed by atoms with van der Waals surface area (Å²) < 4.78 is 10.3. The van der Waals surface area contributed by atoms with Crippen molar-refractivity contribution in [3.63, 3.8) is 0 Å². The van der Waals surface area contributed by atoms with E-state index in [0.717, 1.165) is 11.1 Å². The Bertz CT molecular complexity index is 598. The van der Waals surface area contributed by atoms with E-state index in [-0.39, 0.29) is 5.92 Å². The lowest BCUT2D eigenvalue weighted by molar-refractivity contribution is -0.153. The number of aliphatic hydroxyl groups excluding tert-OH is 1. The Labute approximate surface area is 122 Å². The van der Waals surface area contributed by atoms with Gasteiger partial charge in [0.05, 0.1) is 7.11 Å². The largest absolute Gasteiger partial charge is 0.467 e. The zero-order valence-corrected chi connectivity index (χ0v) is 11.9. The molecule has 1 atom stereocenters. The molecule has 0 saturated carbocycles. The third kappa shape index (κ3) is 2.71. The van der Waals surface area contributed by atoms with Crippen LogP contribution in [0.1, 0.15) is 12.8 Å². The van der Waals surface area contributed by atoms with Gasteiger partial charge >= 0.3 is 5.97 Å².